The fraction of sp³-hybridized carbons (Fsp3) is 1.00. The molecular weight excluding hydrogens is 81.9 g/mol. The van der Waals surface area contributed by atoms with Crippen LogP contribution in [0, 0.1) is 0 Å². The van der Waals surface area contributed by atoms with Gasteiger partial charge >= 0.3 is 26.9 Å². The number of hydrogen-bond donors (Lipinski definition) is 0. The van der Waals surface area contributed by atoms with Gasteiger partial charge in [0.2, 0.25) is 0 Å². The standard InChI is InChI=1S/CH3O2P.Li/c1-4(2)3;/h1H3;/q;+1. The molecule has 0 aliphatic carbocycles. The quantitative estimate of drug-likeness (QED) is 0.228. The second-order valence-electron chi connectivity index (χ2n) is 0.440. The molecule has 0 heterocycles. The first-order valence-corrected chi connectivity index (χ1v) is 2.44. The van der Waals surface area contributed by atoms with Crippen LogP contribution < -0.4 is 23.8 Å². The first-order chi connectivity index (χ1) is 1.73. The average Bonchev–Trinajstić information content (AvgIpc) is 0.811. The van der Waals surface area contributed by atoms with E-state index in [-0.39, 0.29) is 18.9 Å². The van der Waals surface area contributed by atoms with Crippen LogP contribution in [-0.4, -0.2) is 6.66 Å². The van der Waals surface area contributed by atoms with Crippen molar-refractivity contribution in [2.75, 3.05) is 6.66 Å². The van der Waals surface area contributed by atoms with Gasteiger partial charge in [-0.1, -0.05) is 4.57 Å². The van der Waals surface area contributed by atoms with Gasteiger partial charge in [-0.15, -0.1) is 0 Å². The van der Waals surface area contributed by atoms with Crippen molar-refractivity contribution in [1.29, 1.82) is 0 Å². The van der Waals surface area contributed by atoms with Gasteiger partial charge in [0, 0.05) is 0 Å². The Hall–Kier alpha value is 0.657. The molecule has 0 aromatic rings. The minimum Gasteiger partial charge on any atom is -0.596 e. The van der Waals surface area contributed by atoms with Gasteiger partial charge in [0.05, 0.1) is 0 Å². The molecule has 24 valence electrons. The van der Waals surface area contributed by atoms with Gasteiger partial charge in [-0.05, 0) is 0 Å². The summed E-state index contributed by atoms with van der Waals surface area (Å²) in [5, 5.41) is 0. The van der Waals surface area contributed by atoms with Crippen molar-refractivity contribution in [1.82, 2.24) is 0 Å². The molecule has 0 aromatic heterocycles. The Morgan fingerprint density at radius 2 is 1.80 bits per heavy atom. The molecule has 0 spiro atoms. The zero-order valence-corrected chi connectivity index (χ0v) is 4.16. The molecule has 0 saturated heterocycles. The maximum Gasteiger partial charge on any atom is 1.00 e. The summed E-state index contributed by atoms with van der Waals surface area (Å²) in [5.74, 6) is 0. The molecule has 0 aliphatic heterocycles. The van der Waals surface area contributed by atoms with E-state index in [1.165, 1.54) is 0 Å². The second-order valence-corrected chi connectivity index (χ2v) is 1.32. The van der Waals surface area contributed by atoms with E-state index in [2.05, 4.69) is 0 Å². The van der Waals surface area contributed by atoms with Crippen molar-refractivity contribution < 1.29 is 28.3 Å². The van der Waals surface area contributed by atoms with E-state index in [1.807, 2.05) is 0 Å². The Kier molecular flexibility index (Phi) is 8.55. The van der Waals surface area contributed by atoms with Crippen molar-refractivity contribution in [2.45, 2.75) is 0 Å². The van der Waals surface area contributed by atoms with Crippen LogP contribution in [0.2, 0.25) is 0 Å². The first-order valence-electron chi connectivity index (χ1n) is 0.812. The zero-order valence-electron chi connectivity index (χ0n) is 3.26. The third-order valence-corrected chi connectivity index (χ3v) is 0. The van der Waals surface area contributed by atoms with Crippen LogP contribution >= 0.6 is 8.03 Å². The molecule has 4 heteroatoms. The van der Waals surface area contributed by atoms with E-state index in [0.717, 1.165) is 6.66 Å². The van der Waals surface area contributed by atoms with Crippen LogP contribution in [0.25, 0.3) is 0 Å². The molecule has 1 unspecified atom stereocenters. The van der Waals surface area contributed by atoms with Crippen molar-refractivity contribution in [2.24, 2.45) is 0 Å². The SMILES string of the molecule is C[P+](=O)[O-].[Li+]. The molecule has 0 bridgehead atoms. The Morgan fingerprint density at radius 1 is 1.80 bits per heavy atom. The normalized spacial score (nSPS) is 8.80. The van der Waals surface area contributed by atoms with Gasteiger partial charge in [-0.3, -0.25) is 0 Å². The van der Waals surface area contributed by atoms with E-state index in [1.54, 1.807) is 0 Å². The Balaban J connectivity index is 0. The number of rotatable bonds is 0. The molecule has 5 heavy (non-hydrogen) atoms. The summed E-state index contributed by atoms with van der Waals surface area (Å²) in [5.41, 5.74) is 0. The van der Waals surface area contributed by atoms with Gasteiger partial charge in [0.15, 0.2) is 0 Å². The fourth-order valence-corrected chi connectivity index (χ4v) is 0. The third-order valence-electron chi connectivity index (χ3n) is 0. The molecule has 0 rings (SSSR count). The van der Waals surface area contributed by atoms with Gasteiger partial charge in [-0.25, -0.2) is 0 Å². The maximum atomic E-state index is 9.04. The molecular formula is CH3LiO2P+. The summed E-state index contributed by atoms with van der Waals surface area (Å²) in [6.45, 7) is 1.12. The van der Waals surface area contributed by atoms with Crippen LogP contribution in [0.15, 0.2) is 0 Å². The molecule has 0 aliphatic rings. The second kappa shape index (κ2) is 4.66. The summed E-state index contributed by atoms with van der Waals surface area (Å²) >= 11 is 0. The predicted molar refractivity (Wildman–Crippen MR) is 13.5 cm³/mol. The van der Waals surface area contributed by atoms with Crippen molar-refractivity contribution >= 4 is 8.03 Å². The third kappa shape index (κ3) is 76.1. The molecule has 0 amide bonds. The van der Waals surface area contributed by atoms with Crippen LogP contribution in [0.3, 0.4) is 0 Å². The molecule has 2 nitrogen and oxygen atoms in total. The molecule has 1 atom stereocenters. The van der Waals surface area contributed by atoms with E-state index in [9.17, 15) is 0 Å². The summed E-state index contributed by atoms with van der Waals surface area (Å²) < 4.78 is 9.04. The van der Waals surface area contributed by atoms with Crippen molar-refractivity contribution in [3.8, 4) is 0 Å². The van der Waals surface area contributed by atoms with Gasteiger partial charge in [0.1, 0.15) is 6.66 Å². The first kappa shape index (κ1) is 9.17. The van der Waals surface area contributed by atoms with Crippen LogP contribution in [0.5, 0.6) is 0 Å². The molecule has 0 saturated carbocycles. The van der Waals surface area contributed by atoms with Gasteiger partial charge in [0.25, 0.3) is 0 Å². The molecule has 0 fully saturated rings. The smallest absolute Gasteiger partial charge is 0.596 e. The molecule has 0 radical (unpaired) electrons. The van der Waals surface area contributed by atoms with Crippen molar-refractivity contribution in [3.05, 3.63) is 0 Å². The molecule has 0 aromatic carbocycles. The van der Waals surface area contributed by atoms with Crippen LogP contribution in [0.4, 0.5) is 0 Å². The minimum atomic E-state index is -2.12. The summed E-state index contributed by atoms with van der Waals surface area (Å²) in [6.07, 6.45) is 0. The Bertz CT molecular complexity index is 32.6. The largest absolute Gasteiger partial charge is 1.00 e. The Labute approximate surface area is 43.6 Å². The monoisotopic (exact) mass is 85.0 g/mol. The number of hydrogen-bond acceptors (Lipinski definition) is 2. The fourth-order valence-electron chi connectivity index (χ4n) is 0. The zero-order chi connectivity index (χ0) is 3.58. The molecule has 0 N–H and O–H groups in total. The van der Waals surface area contributed by atoms with E-state index in [0.29, 0.717) is 0 Å². The maximum absolute atomic E-state index is 9.04. The predicted octanol–water partition coefficient (Wildman–Crippen LogP) is -3.28. The minimum absolute atomic E-state index is 0. The average molecular weight is 84.9 g/mol. The van der Waals surface area contributed by atoms with Gasteiger partial charge < -0.3 is 4.89 Å². The summed E-state index contributed by atoms with van der Waals surface area (Å²) in [7, 11) is -2.12. The van der Waals surface area contributed by atoms with Gasteiger partial charge in [-0.2, -0.15) is 0 Å². The van der Waals surface area contributed by atoms with Crippen LogP contribution in [-0.2, 0) is 4.57 Å². The summed E-state index contributed by atoms with van der Waals surface area (Å²) in [4.78, 5) is 9.04. The van der Waals surface area contributed by atoms with E-state index >= 15 is 0 Å². The van der Waals surface area contributed by atoms with Crippen molar-refractivity contribution in [3.63, 3.8) is 0 Å². The van der Waals surface area contributed by atoms with E-state index < -0.39 is 8.03 Å². The Morgan fingerprint density at radius 3 is 1.80 bits per heavy atom. The summed E-state index contributed by atoms with van der Waals surface area (Å²) in [6, 6.07) is 0. The van der Waals surface area contributed by atoms with E-state index in [4.69, 9.17) is 9.46 Å². The topological polar surface area (TPSA) is 40.1 Å². The van der Waals surface area contributed by atoms with Crippen LogP contribution in [0.1, 0.15) is 0 Å².